The first-order chi connectivity index (χ1) is 13.9. The van der Waals surface area contributed by atoms with Crippen LogP contribution in [0.3, 0.4) is 0 Å². The van der Waals surface area contributed by atoms with Gasteiger partial charge >= 0.3 is 0 Å². The minimum Gasteiger partial charge on any atom is -0.495 e. The highest BCUT2D eigenvalue weighted by molar-refractivity contribution is 9.10. The molecule has 1 aliphatic carbocycles. The second-order valence-corrected chi connectivity index (χ2v) is 8.14. The second kappa shape index (κ2) is 7.86. The standard InChI is InChI=1S/C22H20BrF3N2O/c1-11(13-4-3-5-14(21(13)24)22(25)26)27-18-9-17(12-6-7-12)28-19-10-20(29-2)16(23)8-15(18)19/h3-5,8-12,22H,6-7H2,1-2H3,(H,27,28)/t11-/m1/s1. The van der Waals surface area contributed by atoms with Gasteiger partial charge in [0.1, 0.15) is 11.6 Å². The van der Waals surface area contributed by atoms with E-state index in [2.05, 4.69) is 21.2 Å². The molecule has 0 bridgehead atoms. The summed E-state index contributed by atoms with van der Waals surface area (Å²) in [5, 5.41) is 4.16. The van der Waals surface area contributed by atoms with E-state index < -0.39 is 23.8 Å². The van der Waals surface area contributed by atoms with Crippen molar-refractivity contribution in [3.05, 3.63) is 63.5 Å². The van der Waals surface area contributed by atoms with Crippen molar-refractivity contribution in [2.45, 2.75) is 38.2 Å². The Balaban J connectivity index is 1.77. The number of halogens is 4. The van der Waals surface area contributed by atoms with E-state index in [4.69, 9.17) is 9.72 Å². The van der Waals surface area contributed by atoms with Gasteiger partial charge in [-0.1, -0.05) is 18.2 Å². The van der Waals surface area contributed by atoms with E-state index in [0.717, 1.165) is 45.7 Å². The molecule has 3 aromatic rings. The Labute approximate surface area is 175 Å². The van der Waals surface area contributed by atoms with Crippen LogP contribution >= 0.6 is 15.9 Å². The molecule has 0 aliphatic heterocycles. The Morgan fingerprint density at radius 1 is 1.17 bits per heavy atom. The highest BCUT2D eigenvalue weighted by Crippen LogP contribution is 2.43. The van der Waals surface area contributed by atoms with E-state index in [9.17, 15) is 13.2 Å². The predicted molar refractivity (Wildman–Crippen MR) is 111 cm³/mol. The van der Waals surface area contributed by atoms with Gasteiger partial charge in [0, 0.05) is 34.3 Å². The van der Waals surface area contributed by atoms with Crippen LogP contribution in [0.4, 0.5) is 18.9 Å². The van der Waals surface area contributed by atoms with E-state index in [-0.39, 0.29) is 5.56 Å². The molecule has 1 N–H and O–H groups in total. The smallest absolute Gasteiger partial charge is 0.266 e. The number of aromatic nitrogens is 1. The number of hydrogen-bond donors (Lipinski definition) is 1. The van der Waals surface area contributed by atoms with Crippen molar-refractivity contribution in [2.75, 3.05) is 12.4 Å². The molecular weight excluding hydrogens is 445 g/mol. The first-order valence-corrected chi connectivity index (χ1v) is 10.2. The number of benzene rings is 2. The number of rotatable bonds is 6. The number of methoxy groups -OCH3 is 1. The Bertz CT molecular complexity index is 1070. The monoisotopic (exact) mass is 464 g/mol. The SMILES string of the molecule is COc1cc2nc(C3CC3)cc(N[C@H](C)c3cccc(C(F)F)c3F)c2cc1Br. The van der Waals surface area contributed by atoms with Gasteiger partial charge in [-0.25, -0.2) is 13.2 Å². The fourth-order valence-electron chi connectivity index (χ4n) is 3.49. The third kappa shape index (κ3) is 3.92. The van der Waals surface area contributed by atoms with Gasteiger partial charge < -0.3 is 10.1 Å². The molecule has 1 aromatic heterocycles. The van der Waals surface area contributed by atoms with Crippen LogP contribution in [-0.2, 0) is 0 Å². The maximum Gasteiger partial charge on any atom is 0.266 e. The molecule has 1 heterocycles. The number of hydrogen-bond acceptors (Lipinski definition) is 3. The van der Waals surface area contributed by atoms with Crippen LogP contribution in [0.15, 0.2) is 40.9 Å². The van der Waals surface area contributed by atoms with E-state index >= 15 is 0 Å². The lowest BCUT2D eigenvalue weighted by Gasteiger charge is -2.20. The van der Waals surface area contributed by atoms with Gasteiger partial charge in [0.05, 0.1) is 28.7 Å². The number of fused-ring (bicyclic) bond motifs is 1. The number of nitrogens with zero attached hydrogens (tertiary/aromatic N) is 1. The second-order valence-electron chi connectivity index (χ2n) is 7.29. The number of alkyl halides is 2. The molecule has 0 saturated heterocycles. The summed E-state index contributed by atoms with van der Waals surface area (Å²) in [6, 6.07) is 9.34. The van der Waals surface area contributed by atoms with Crippen molar-refractivity contribution < 1.29 is 17.9 Å². The Kier molecular flexibility index (Phi) is 5.42. The zero-order valence-electron chi connectivity index (χ0n) is 16.0. The average molecular weight is 465 g/mol. The maximum absolute atomic E-state index is 14.6. The summed E-state index contributed by atoms with van der Waals surface area (Å²) in [6.07, 6.45) is -0.674. The summed E-state index contributed by atoms with van der Waals surface area (Å²) in [4.78, 5) is 4.77. The summed E-state index contributed by atoms with van der Waals surface area (Å²) >= 11 is 3.50. The van der Waals surface area contributed by atoms with Crippen molar-refractivity contribution >= 4 is 32.5 Å². The Hall–Kier alpha value is -2.28. The lowest BCUT2D eigenvalue weighted by atomic mass is 10.0. The van der Waals surface area contributed by atoms with Crippen molar-refractivity contribution in [3.8, 4) is 5.75 Å². The summed E-state index contributed by atoms with van der Waals surface area (Å²) in [6.45, 7) is 1.76. The van der Waals surface area contributed by atoms with Gasteiger partial charge in [0.2, 0.25) is 0 Å². The molecule has 2 aromatic carbocycles. The summed E-state index contributed by atoms with van der Waals surface area (Å²) in [5.74, 6) is 0.225. The molecule has 3 nitrogen and oxygen atoms in total. The predicted octanol–water partition coefficient (Wildman–Crippen LogP) is 7.13. The highest BCUT2D eigenvalue weighted by Gasteiger charge is 2.27. The van der Waals surface area contributed by atoms with E-state index in [1.807, 2.05) is 18.2 Å². The van der Waals surface area contributed by atoms with Crippen LogP contribution in [-0.4, -0.2) is 12.1 Å². The molecule has 0 spiro atoms. The fraction of sp³-hybridized carbons (Fsp3) is 0.318. The van der Waals surface area contributed by atoms with Gasteiger partial charge in [0.15, 0.2) is 0 Å². The molecule has 29 heavy (non-hydrogen) atoms. The molecule has 4 rings (SSSR count). The molecule has 0 radical (unpaired) electrons. The molecule has 1 saturated carbocycles. The van der Waals surface area contributed by atoms with Crippen molar-refractivity contribution in [2.24, 2.45) is 0 Å². The zero-order valence-corrected chi connectivity index (χ0v) is 17.6. The fourth-order valence-corrected chi connectivity index (χ4v) is 4.00. The van der Waals surface area contributed by atoms with Crippen molar-refractivity contribution in [3.63, 3.8) is 0 Å². The quantitative estimate of drug-likeness (QED) is 0.421. The average Bonchev–Trinajstić information content (AvgIpc) is 3.53. The zero-order chi connectivity index (χ0) is 20.7. The number of ether oxygens (including phenoxy) is 1. The van der Waals surface area contributed by atoms with Crippen LogP contribution in [0.5, 0.6) is 5.75 Å². The summed E-state index contributed by atoms with van der Waals surface area (Å²) in [7, 11) is 1.59. The molecule has 7 heteroatoms. The van der Waals surface area contributed by atoms with Crippen LogP contribution in [0.25, 0.3) is 10.9 Å². The Morgan fingerprint density at radius 2 is 1.90 bits per heavy atom. The molecule has 1 aliphatic rings. The first kappa shape index (κ1) is 20.0. The van der Waals surface area contributed by atoms with Gasteiger partial charge in [0.25, 0.3) is 6.43 Å². The van der Waals surface area contributed by atoms with Crippen LogP contribution < -0.4 is 10.1 Å². The van der Waals surface area contributed by atoms with E-state index in [1.165, 1.54) is 12.1 Å². The first-order valence-electron chi connectivity index (χ1n) is 9.40. The molecule has 0 amide bonds. The normalized spacial score (nSPS) is 15.0. The number of anilines is 1. The van der Waals surface area contributed by atoms with Crippen molar-refractivity contribution in [1.29, 1.82) is 0 Å². The minimum absolute atomic E-state index is 0.202. The molecule has 1 fully saturated rings. The Morgan fingerprint density at radius 3 is 2.55 bits per heavy atom. The topological polar surface area (TPSA) is 34.1 Å². The van der Waals surface area contributed by atoms with E-state index in [1.54, 1.807) is 14.0 Å². The molecule has 152 valence electrons. The van der Waals surface area contributed by atoms with Crippen molar-refractivity contribution in [1.82, 2.24) is 4.98 Å². The van der Waals surface area contributed by atoms with Crippen LogP contribution in [0, 0.1) is 5.82 Å². The van der Waals surface area contributed by atoms with Gasteiger partial charge in [-0.15, -0.1) is 0 Å². The summed E-state index contributed by atoms with van der Waals surface area (Å²) < 4.78 is 46.9. The van der Waals surface area contributed by atoms with Crippen LogP contribution in [0.2, 0.25) is 0 Å². The lowest BCUT2D eigenvalue weighted by Crippen LogP contribution is -2.11. The third-order valence-electron chi connectivity index (χ3n) is 5.23. The third-order valence-corrected chi connectivity index (χ3v) is 5.85. The maximum atomic E-state index is 14.6. The van der Waals surface area contributed by atoms with E-state index in [0.29, 0.717) is 11.7 Å². The number of nitrogens with one attached hydrogen (secondary N) is 1. The van der Waals surface area contributed by atoms with Crippen LogP contribution in [0.1, 0.15) is 55.0 Å². The van der Waals surface area contributed by atoms with Gasteiger partial charge in [-0.05, 0) is 47.8 Å². The largest absolute Gasteiger partial charge is 0.495 e. The highest BCUT2D eigenvalue weighted by atomic mass is 79.9. The lowest BCUT2D eigenvalue weighted by molar-refractivity contribution is 0.146. The minimum atomic E-state index is -2.85. The van der Waals surface area contributed by atoms with Gasteiger partial charge in [-0.3, -0.25) is 4.98 Å². The van der Waals surface area contributed by atoms with Gasteiger partial charge in [-0.2, -0.15) is 0 Å². The number of pyridine rings is 1. The molecular formula is C22H20BrF3N2O. The summed E-state index contributed by atoms with van der Waals surface area (Å²) in [5.41, 5.74) is 2.15. The molecule has 0 unspecified atom stereocenters. The molecule has 1 atom stereocenters.